The molecule has 0 radical (unpaired) electrons. The van der Waals surface area contributed by atoms with Crippen LogP contribution in [0, 0.1) is 0 Å². The molecule has 2 aromatic heterocycles. The summed E-state index contributed by atoms with van der Waals surface area (Å²) in [6.45, 7) is 5.85. The number of rotatable bonds is 7. The van der Waals surface area contributed by atoms with Gasteiger partial charge in [0.15, 0.2) is 0 Å². The minimum Gasteiger partial charge on any atom is -0.497 e. The van der Waals surface area contributed by atoms with Crippen molar-refractivity contribution in [2.45, 2.75) is 33.0 Å². The third-order valence-corrected chi connectivity index (χ3v) is 4.08. The Morgan fingerprint density at radius 3 is 2.44 bits per heavy atom. The molecule has 0 unspecified atom stereocenters. The van der Waals surface area contributed by atoms with Crippen molar-refractivity contribution in [2.75, 3.05) is 7.11 Å². The fourth-order valence-corrected chi connectivity index (χ4v) is 2.57. The predicted octanol–water partition coefficient (Wildman–Crippen LogP) is 4.16. The smallest absolute Gasteiger partial charge is 0.226 e. The van der Waals surface area contributed by atoms with Crippen LogP contribution in [-0.2, 0) is 13.1 Å². The lowest BCUT2D eigenvalue weighted by atomic mass is 10.2. The van der Waals surface area contributed by atoms with Gasteiger partial charge in [0, 0.05) is 30.9 Å². The van der Waals surface area contributed by atoms with Gasteiger partial charge < -0.3 is 9.15 Å². The second-order valence-electron chi connectivity index (χ2n) is 6.19. The first kappa shape index (κ1) is 17.2. The van der Waals surface area contributed by atoms with E-state index >= 15 is 0 Å². The second-order valence-corrected chi connectivity index (χ2v) is 6.19. The Labute approximate surface area is 148 Å². The fourth-order valence-electron chi connectivity index (χ4n) is 2.57. The lowest BCUT2D eigenvalue weighted by Gasteiger charge is -2.24. The van der Waals surface area contributed by atoms with E-state index in [0.29, 0.717) is 18.5 Å². The van der Waals surface area contributed by atoms with E-state index in [4.69, 9.17) is 9.15 Å². The first-order valence-corrected chi connectivity index (χ1v) is 8.38. The number of pyridine rings is 1. The molecule has 0 aliphatic carbocycles. The number of ether oxygens (including phenoxy) is 1. The molecule has 0 aliphatic rings. The van der Waals surface area contributed by atoms with Crippen molar-refractivity contribution >= 4 is 0 Å². The molecular weight excluding hydrogens is 314 g/mol. The van der Waals surface area contributed by atoms with Gasteiger partial charge in [0.25, 0.3) is 0 Å². The van der Waals surface area contributed by atoms with Crippen molar-refractivity contribution in [1.82, 2.24) is 14.9 Å². The van der Waals surface area contributed by atoms with E-state index in [1.54, 1.807) is 13.4 Å². The zero-order valence-electron chi connectivity index (χ0n) is 14.8. The summed E-state index contributed by atoms with van der Waals surface area (Å²) in [7, 11) is 1.65. The van der Waals surface area contributed by atoms with Gasteiger partial charge in [-0.25, -0.2) is 4.98 Å². The van der Waals surface area contributed by atoms with Crippen LogP contribution in [0.25, 0.3) is 11.5 Å². The minimum atomic E-state index is 0.378. The minimum absolute atomic E-state index is 0.378. The highest BCUT2D eigenvalue weighted by Gasteiger charge is 2.15. The number of benzene rings is 1. The summed E-state index contributed by atoms with van der Waals surface area (Å²) < 4.78 is 10.8. The molecule has 0 atom stereocenters. The van der Waals surface area contributed by atoms with Crippen LogP contribution in [0.4, 0.5) is 0 Å². The third kappa shape index (κ3) is 4.45. The van der Waals surface area contributed by atoms with Crippen LogP contribution >= 0.6 is 0 Å². The summed E-state index contributed by atoms with van der Waals surface area (Å²) in [5.74, 6) is 1.44. The molecule has 130 valence electrons. The molecule has 0 aliphatic heterocycles. The molecule has 0 spiro atoms. The maximum atomic E-state index is 5.66. The van der Waals surface area contributed by atoms with Crippen LogP contribution in [-0.4, -0.2) is 28.0 Å². The first-order valence-electron chi connectivity index (χ1n) is 8.38. The van der Waals surface area contributed by atoms with Crippen LogP contribution in [0.5, 0.6) is 5.75 Å². The number of nitrogens with zero attached hydrogens (tertiary/aromatic N) is 3. The normalized spacial score (nSPS) is 11.2. The molecule has 0 saturated carbocycles. The van der Waals surface area contributed by atoms with Gasteiger partial charge in [-0.2, -0.15) is 0 Å². The molecule has 3 rings (SSSR count). The molecule has 5 heteroatoms. The number of oxazole rings is 1. The van der Waals surface area contributed by atoms with Gasteiger partial charge in [-0.3, -0.25) is 9.88 Å². The van der Waals surface area contributed by atoms with Crippen LogP contribution in [0.15, 0.2) is 59.3 Å². The Hall–Kier alpha value is -2.66. The highest BCUT2D eigenvalue weighted by molar-refractivity contribution is 5.54. The molecule has 2 heterocycles. The number of methoxy groups -OCH3 is 1. The highest BCUT2D eigenvalue weighted by Crippen LogP contribution is 2.22. The molecular formula is C20H23N3O2. The fraction of sp³-hybridized carbons (Fsp3) is 0.300. The second kappa shape index (κ2) is 7.94. The van der Waals surface area contributed by atoms with Gasteiger partial charge in [0.05, 0.1) is 18.5 Å². The van der Waals surface area contributed by atoms with E-state index in [2.05, 4.69) is 28.7 Å². The third-order valence-electron chi connectivity index (χ3n) is 4.08. The standard InChI is InChI=1S/C20H23N3O2/c1-15(2)23(12-17-6-4-5-11-21-17)13-18-14-25-20(22-18)16-7-9-19(24-3)10-8-16/h4-11,14-15H,12-13H2,1-3H3. The first-order chi connectivity index (χ1) is 12.2. The van der Waals surface area contributed by atoms with Gasteiger partial charge in [-0.1, -0.05) is 6.07 Å². The SMILES string of the molecule is COc1ccc(-c2nc(CN(Cc3ccccn3)C(C)C)co2)cc1. The summed E-state index contributed by atoms with van der Waals surface area (Å²) >= 11 is 0. The largest absolute Gasteiger partial charge is 0.497 e. The molecule has 3 aromatic rings. The lowest BCUT2D eigenvalue weighted by Crippen LogP contribution is -2.30. The average molecular weight is 337 g/mol. The van der Waals surface area contributed by atoms with Crippen LogP contribution in [0.2, 0.25) is 0 Å². The van der Waals surface area contributed by atoms with Gasteiger partial charge in [0.1, 0.15) is 12.0 Å². The van der Waals surface area contributed by atoms with E-state index < -0.39 is 0 Å². The topological polar surface area (TPSA) is 51.4 Å². The van der Waals surface area contributed by atoms with Crippen molar-refractivity contribution in [3.05, 3.63) is 66.3 Å². The molecule has 0 amide bonds. The van der Waals surface area contributed by atoms with Crippen molar-refractivity contribution in [1.29, 1.82) is 0 Å². The van der Waals surface area contributed by atoms with Crippen LogP contribution in [0.1, 0.15) is 25.2 Å². The van der Waals surface area contributed by atoms with Gasteiger partial charge in [0.2, 0.25) is 5.89 Å². The van der Waals surface area contributed by atoms with Crippen molar-refractivity contribution in [3.63, 3.8) is 0 Å². The Bertz CT molecular complexity index is 782. The molecule has 0 bridgehead atoms. The van der Waals surface area contributed by atoms with E-state index in [1.165, 1.54) is 0 Å². The molecule has 25 heavy (non-hydrogen) atoms. The quantitative estimate of drug-likeness (QED) is 0.648. The maximum absolute atomic E-state index is 5.66. The Balaban J connectivity index is 1.71. The Kier molecular flexibility index (Phi) is 5.46. The van der Waals surface area contributed by atoms with Crippen molar-refractivity contribution < 1.29 is 9.15 Å². The Morgan fingerprint density at radius 1 is 1.04 bits per heavy atom. The number of hydrogen-bond acceptors (Lipinski definition) is 5. The van der Waals surface area contributed by atoms with Crippen LogP contribution < -0.4 is 4.74 Å². The van der Waals surface area contributed by atoms with Gasteiger partial charge in [-0.05, 0) is 50.2 Å². The zero-order valence-corrected chi connectivity index (χ0v) is 14.8. The zero-order chi connectivity index (χ0) is 17.6. The van der Waals surface area contributed by atoms with E-state index in [9.17, 15) is 0 Å². The summed E-state index contributed by atoms with van der Waals surface area (Å²) in [5, 5.41) is 0. The van der Waals surface area contributed by atoms with Crippen molar-refractivity contribution in [2.24, 2.45) is 0 Å². The summed E-state index contributed by atoms with van der Waals surface area (Å²) in [5.41, 5.74) is 2.90. The molecule has 0 N–H and O–H groups in total. The van der Waals surface area contributed by atoms with E-state index in [0.717, 1.165) is 29.2 Å². The number of aromatic nitrogens is 2. The Morgan fingerprint density at radius 2 is 1.80 bits per heavy atom. The summed E-state index contributed by atoms with van der Waals surface area (Å²) in [6.07, 6.45) is 3.55. The maximum Gasteiger partial charge on any atom is 0.226 e. The number of hydrogen-bond donors (Lipinski definition) is 0. The average Bonchev–Trinajstić information content (AvgIpc) is 3.10. The molecule has 5 nitrogen and oxygen atoms in total. The van der Waals surface area contributed by atoms with Gasteiger partial charge >= 0.3 is 0 Å². The molecule has 0 saturated heterocycles. The van der Waals surface area contributed by atoms with Crippen molar-refractivity contribution in [3.8, 4) is 17.2 Å². The van der Waals surface area contributed by atoms with E-state index in [-0.39, 0.29) is 0 Å². The highest BCUT2D eigenvalue weighted by atomic mass is 16.5. The predicted molar refractivity (Wildman–Crippen MR) is 97.1 cm³/mol. The van der Waals surface area contributed by atoms with E-state index in [1.807, 2.05) is 48.7 Å². The summed E-state index contributed by atoms with van der Waals surface area (Å²) in [4.78, 5) is 11.4. The monoisotopic (exact) mass is 337 g/mol. The summed E-state index contributed by atoms with van der Waals surface area (Å²) in [6, 6.07) is 14.1. The molecule has 0 fully saturated rings. The lowest BCUT2D eigenvalue weighted by molar-refractivity contribution is 0.198. The van der Waals surface area contributed by atoms with Gasteiger partial charge in [-0.15, -0.1) is 0 Å². The molecule has 1 aromatic carbocycles. The van der Waals surface area contributed by atoms with Crippen LogP contribution in [0.3, 0.4) is 0 Å².